The molecule has 0 fully saturated rings. The summed E-state index contributed by atoms with van der Waals surface area (Å²) < 4.78 is 5.02. The van der Waals surface area contributed by atoms with E-state index in [1.165, 1.54) is 11.1 Å². The fraction of sp³-hybridized carbons (Fsp3) is 0.632. The van der Waals surface area contributed by atoms with Crippen LogP contribution in [0.1, 0.15) is 51.2 Å². The van der Waals surface area contributed by atoms with Crippen LogP contribution >= 0.6 is 11.8 Å². The van der Waals surface area contributed by atoms with Crippen LogP contribution in [0.25, 0.3) is 0 Å². The fourth-order valence-corrected chi connectivity index (χ4v) is 5.36. The summed E-state index contributed by atoms with van der Waals surface area (Å²) in [5.74, 6) is 0.983. The lowest BCUT2D eigenvalue weighted by atomic mass is 9.63. The summed E-state index contributed by atoms with van der Waals surface area (Å²) in [7, 11) is 0. The topological polar surface area (TPSA) is 74.2 Å². The molecule has 0 unspecified atom stereocenters. The fourth-order valence-electron chi connectivity index (χ4n) is 3.98. The molecule has 0 saturated heterocycles. The van der Waals surface area contributed by atoms with Gasteiger partial charge in [-0.15, -0.1) is 0 Å². The van der Waals surface area contributed by atoms with Crippen molar-refractivity contribution in [2.24, 2.45) is 0 Å². The first-order valence-electron chi connectivity index (χ1n) is 8.91. The Bertz CT molecular complexity index is 578. The lowest BCUT2D eigenvalue weighted by molar-refractivity contribution is -0.439. The van der Waals surface area contributed by atoms with Gasteiger partial charge in [-0.3, -0.25) is 4.79 Å². The summed E-state index contributed by atoms with van der Waals surface area (Å²) in [5.41, 5.74) is 7.08. The van der Waals surface area contributed by atoms with Crippen LogP contribution in [0.2, 0.25) is 0 Å². The SMILES string of the molecule is CCOC(=O)CCS[C@H]1Cc2ccc(O)cc2C(CC)(CC)[C@@H]1[NH3+].[Cl-]. The first-order valence-corrected chi connectivity index (χ1v) is 9.96. The molecule has 142 valence electrons. The van der Waals surface area contributed by atoms with Crippen molar-refractivity contribution in [1.82, 2.24) is 0 Å². The summed E-state index contributed by atoms with van der Waals surface area (Å²) in [6, 6.07) is 6.02. The largest absolute Gasteiger partial charge is 1.00 e. The number of halogens is 1. The standard InChI is InChI=1S/C19H29NO3S.ClH/c1-4-19(5-2)15-12-14(21)8-7-13(15)11-16(18(19)20)24-10-9-17(22)23-6-3;/h7-8,12,16,18,21H,4-6,9-11,20H2,1-3H3;1H/t16-,18+;/m0./s1. The van der Waals surface area contributed by atoms with Gasteiger partial charge in [-0.25, -0.2) is 0 Å². The Morgan fingerprint density at radius 3 is 2.64 bits per heavy atom. The summed E-state index contributed by atoms with van der Waals surface area (Å²) in [5, 5.41) is 10.3. The van der Waals surface area contributed by atoms with Crippen LogP contribution in [0.4, 0.5) is 0 Å². The van der Waals surface area contributed by atoms with Crippen LogP contribution in [-0.2, 0) is 21.4 Å². The van der Waals surface area contributed by atoms with Crippen molar-refractivity contribution in [3.05, 3.63) is 29.3 Å². The number of aromatic hydroxyl groups is 1. The van der Waals surface area contributed by atoms with Gasteiger partial charge >= 0.3 is 5.97 Å². The molecule has 1 aliphatic rings. The molecule has 0 amide bonds. The molecular formula is C19H30ClNO3S. The van der Waals surface area contributed by atoms with Gasteiger partial charge in [-0.1, -0.05) is 19.9 Å². The number of hydrogen-bond acceptors (Lipinski definition) is 4. The predicted molar refractivity (Wildman–Crippen MR) is 98.2 cm³/mol. The van der Waals surface area contributed by atoms with Crippen LogP contribution in [0.15, 0.2) is 18.2 Å². The van der Waals surface area contributed by atoms with E-state index in [9.17, 15) is 9.90 Å². The van der Waals surface area contributed by atoms with E-state index in [1.54, 1.807) is 6.07 Å². The van der Waals surface area contributed by atoms with Gasteiger partial charge in [0.2, 0.25) is 0 Å². The number of carbonyl (C=O) groups excluding carboxylic acids is 1. The monoisotopic (exact) mass is 387 g/mol. The first kappa shape index (κ1) is 22.1. The molecule has 1 aromatic carbocycles. The molecule has 1 aliphatic carbocycles. The molecule has 25 heavy (non-hydrogen) atoms. The summed E-state index contributed by atoms with van der Waals surface area (Å²) in [6.45, 7) is 6.69. The number of phenols is 1. The molecular weight excluding hydrogens is 358 g/mol. The molecule has 2 rings (SSSR count). The Kier molecular flexibility index (Phi) is 8.58. The third kappa shape index (κ3) is 4.63. The van der Waals surface area contributed by atoms with Gasteiger partial charge in [0.1, 0.15) is 11.8 Å². The maximum atomic E-state index is 11.6. The van der Waals surface area contributed by atoms with E-state index in [1.807, 2.05) is 24.8 Å². The molecule has 0 aliphatic heterocycles. The minimum absolute atomic E-state index is 0. The Balaban J connectivity index is 0.00000312. The molecule has 0 radical (unpaired) electrons. The van der Waals surface area contributed by atoms with Crippen molar-refractivity contribution in [3.63, 3.8) is 0 Å². The van der Waals surface area contributed by atoms with Gasteiger partial charge in [-0.2, -0.15) is 11.8 Å². The van der Waals surface area contributed by atoms with Gasteiger partial charge < -0.3 is 28.0 Å². The van der Waals surface area contributed by atoms with Crippen molar-refractivity contribution in [2.45, 2.75) is 63.2 Å². The number of benzene rings is 1. The maximum Gasteiger partial charge on any atom is 0.306 e. The smallest absolute Gasteiger partial charge is 0.306 e. The number of esters is 1. The highest BCUT2D eigenvalue weighted by molar-refractivity contribution is 7.99. The second kappa shape index (κ2) is 9.70. The van der Waals surface area contributed by atoms with Crippen molar-refractivity contribution in [1.29, 1.82) is 0 Å². The average Bonchev–Trinajstić information content (AvgIpc) is 2.57. The number of phenolic OH excluding ortho intramolecular Hbond substituents is 1. The summed E-state index contributed by atoms with van der Waals surface area (Å²) >= 11 is 1.83. The predicted octanol–water partition coefficient (Wildman–Crippen LogP) is -0.324. The van der Waals surface area contributed by atoms with Crippen molar-refractivity contribution in [2.75, 3.05) is 12.4 Å². The minimum Gasteiger partial charge on any atom is -1.00 e. The Hall–Kier alpha value is -0.910. The number of thioether (sulfide) groups is 1. The number of ether oxygens (including phenoxy) is 1. The van der Waals surface area contributed by atoms with Gasteiger partial charge in [0.05, 0.1) is 18.3 Å². The molecule has 6 heteroatoms. The van der Waals surface area contributed by atoms with E-state index in [0.717, 1.165) is 25.0 Å². The molecule has 2 atom stereocenters. The Morgan fingerprint density at radius 2 is 2.04 bits per heavy atom. The zero-order chi connectivity index (χ0) is 17.7. The molecule has 0 aromatic heterocycles. The zero-order valence-corrected chi connectivity index (χ0v) is 17.0. The van der Waals surface area contributed by atoms with E-state index in [4.69, 9.17) is 4.74 Å². The van der Waals surface area contributed by atoms with E-state index >= 15 is 0 Å². The first-order chi connectivity index (χ1) is 11.5. The quantitative estimate of drug-likeness (QED) is 0.629. The van der Waals surface area contributed by atoms with E-state index < -0.39 is 0 Å². The molecule has 1 aromatic rings. The second-order valence-corrected chi connectivity index (χ2v) is 7.83. The van der Waals surface area contributed by atoms with Crippen LogP contribution in [-0.4, -0.2) is 34.7 Å². The van der Waals surface area contributed by atoms with Gasteiger partial charge in [0.25, 0.3) is 0 Å². The van der Waals surface area contributed by atoms with Crippen molar-refractivity contribution >= 4 is 17.7 Å². The van der Waals surface area contributed by atoms with E-state index in [2.05, 4.69) is 25.6 Å². The average molecular weight is 388 g/mol. The van der Waals surface area contributed by atoms with Crippen LogP contribution in [0, 0.1) is 0 Å². The number of quaternary nitrogens is 1. The highest BCUT2D eigenvalue weighted by Crippen LogP contribution is 2.45. The number of rotatable bonds is 7. The maximum absolute atomic E-state index is 11.6. The molecule has 0 saturated carbocycles. The molecule has 4 nitrogen and oxygen atoms in total. The number of carbonyl (C=O) groups is 1. The van der Waals surface area contributed by atoms with Crippen molar-refractivity contribution < 1.29 is 32.8 Å². The number of fused-ring (bicyclic) bond motifs is 1. The third-order valence-corrected chi connectivity index (χ3v) is 6.78. The van der Waals surface area contributed by atoms with E-state index in [0.29, 0.717) is 24.0 Å². The van der Waals surface area contributed by atoms with Crippen LogP contribution < -0.4 is 18.1 Å². The highest BCUT2D eigenvalue weighted by atomic mass is 35.5. The van der Waals surface area contributed by atoms with E-state index in [-0.39, 0.29) is 29.8 Å². The molecule has 0 bridgehead atoms. The van der Waals surface area contributed by atoms with Crippen molar-refractivity contribution in [3.8, 4) is 5.75 Å². The molecule has 0 heterocycles. The number of hydrogen-bond donors (Lipinski definition) is 2. The Labute approximate surface area is 161 Å². The zero-order valence-electron chi connectivity index (χ0n) is 15.4. The summed E-state index contributed by atoms with van der Waals surface area (Å²) in [6.07, 6.45) is 3.40. The normalized spacial score (nSPS) is 21.1. The lowest BCUT2D eigenvalue weighted by Gasteiger charge is -2.44. The molecule has 4 N–H and O–H groups in total. The van der Waals surface area contributed by atoms with Crippen LogP contribution in [0.3, 0.4) is 0 Å². The van der Waals surface area contributed by atoms with Gasteiger partial charge in [0, 0.05) is 11.2 Å². The van der Waals surface area contributed by atoms with Gasteiger partial charge in [0.15, 0.2) is 0 Å². The minimum atomic E-state index is -0.121. The lowest BCUT2D eigenvalue weighted by Crippen LogP contribution is -3.00. The van der Waals surface area contributed by atoms with Gasteiger partial charge in [-0.05, 0) is 49.4 Å². The summed E-state index contributed by atoms with van der Waals surface area (Å²) in [4.78, 5) is 11.6. The third-order valence-electron chi connectivity index (χ3n) is 5.41. The second-order valence-electron chi connectivity index (χ2n) is 6.48. The van der Waals surface area contributed by atoms with Crippen LogP contribution in [0.5, 0.6) is 5.75 Å². The highest BCUT2D eigenvalue weighted by Gasteiger charge is 2.47. The molecule has 0 spiro atoms. The Morgan fingerprint density at radius 1 is 1.36 bits per heavy atom.